The number of amides is 1. The van der Waals surface area contributed by atoms with Crippen LogP contribution in [0.1, 0.15) is 47.7 Å². The number of benzene rings is 1. The van der Waals surface area contributed by atoms with Crippen LogP contribution in [0.15, 0.2) is 18.2 Å². The summed E-state index contributed by atoms with van der Waals surface area (Å²) in [6.45, 7) is 0. The zero-order valence-electron chi connectivity index (χ0n) is 15.8. The highest BCUT2D eigenvalue weighted by atomic mass is 16.5. The van der Waals surface area contributed by atoms with Gasteiger partial charge in [0.2, 0.25) is 0 Å². The lowest BCUT2D eigenvalue weighted by molar-refractivity contribution is -0.137. The summed E-state index contributed by atoms with van der Waals surface area (Å²) in [6, 6.07) is 5.50. The van der Waals surface area contributed by atoms with Crippen LogP contribution in [0.5, 0.6) is 11.5 Å². The second kappa shape index (κ2) is 7.07. The Labute approximate surface area is 162 Å². The number of nitrogens with one attached hydrogen (secondary N) is 2. The lowest BCUT2D eigenvalue weighted by Gasteiger charge is -2.20. The van der Waals surface area contributed by atoms with Gasteiger partial charge >= 0.3 is 5.97 Å². The number of ether oxygens (including phenoxy) is 2. The zero-order valence-corrected chi connectivity index (χ0v) is 15.8. The fourth-order valence-electron chi connectivity index (χ4n) is 4.11. The summed E-state index contributed by atoms with van der Waals surface area (Å²) in [7, 11) is 3.11. The molecule has 1 atom stereocenters. The molecule has 7 nitrogen and oxygen atoms in total. The largest absolute Gasteiger partial charge is 0.493 e. The molecule has 1 unspecified atom stereocenters. The maximum atomic E-state index is 12.5. The zero-order chi connectivity index (χ0) is 19.8. The van der Waals surface area contributed by atoms with E-state index in [0.29, 0.717) is 22.8 Å². The Morgan fingerprint density at radius 3 is 2.71 bits per heavy atom. The standard InChI is InChI=1S/C21H22N2O5/c1-27-18-9-14-15(21(26)23-17(14)10-19(18)28-2)8-12-7-13-11(6-20(24)25)4-3-5-16(13)22-12/h7-11,22H,3-6H2,1-2H3,(H,23,26)(H,24,25). The molecule has 2 heterocycles. The number of carboxylic acids is 1. The van der Waals surface area contributed by atoms with Crippen molar-refractivity contribution in [3.63, 3.8) is 0 Å². The van der Waals surface area contributed by atoms with E-state index in [9.17, 15) is 9.59 Å². The van der Waals surface area contributed by atoms with Crippen LogP contribution >= 0.6 is 0 Å². The minimum atomic E-state index is -0.788. The van der Waals surface area contributed by atoms with E-state index < -0.39 is 5.97 Å². The Hall–Kier alpha value is -3.22. The topological polar surface area (TPSA) is 101 Å². The second-order valence-corrected chi connectivity index (χ2v) is 7.11. The predicted octanol–water partition coefficient (Wildman–Crippen LogP) is 3.42. The van der Waals surface area contributed by atoms with Gasteiger partial charge in [-0.15, -0.1) is 0 Å². The molecule has 0 fully saturated rings. The lowest BCUT2D eigenvalue weighted by atomic mass is 9.85. The number of H-pyrrole nitrogens is 1. The molecule has 7 heteroatoms. The van der Waals surface area contributed by atoms with Crippen LogP contribution in [0, 0.1) is 0 Å². The summed E-state index contributed by atoms with van der Waals surface area (Å²) in [5.41, 5.74) is 4.87. The van der Waals surface area contributed by atoms with Gasteiger partial charge in [-0.2, -0.15) is 0 Å². The SMILES string of the molecule is COc1cc2c(cc1OC)C(=Cc1cc3c([nH]1)CCCC3CC(=O)O)C(=O)N2. The first-order chi connectivity index (χ1) is 13.5. The van der Waals surface area contributed by atoms with Gasteiger partial charge in [-0.05, 0) is 49.0 Å². The van der Waals surface area contributed by atoms with Crippen LogP contribution in [0.4, 0.5) is 5.69 Å². The molecule has 0 spiro atoms. The summed E-state index contributed by atoms with van der Waals surface area (Å²) >= 11 is 0. The van der Waals surface area contributed by atoms with Crippen molar-refractivity contribution in [1.82, 2.24) is 4.98 Å². The average Bonchev–Trinajstić information content (AvgIpc) is 3.21. The number of aliphatic carboxylic acids is 1. The molecular formula is C21H22N2O5. The molecule has 1 aliphatic heterocycles. The number of carbonyl (C=O) groups is 2. The van der Waals surface area contributed by atoms with Crippen molar-refractivity contribution in [3.05, 3.63) is 40.7 Å². The molecule has 2 aliphatic rings. The van der Waals surface area contributed by atoms with Crippen LogP contribution in [0.25, 0.3) is 11.6 Å². The van der Waals surface area contributed by atoms with Gasteiger partial charge in [-0.1, -0.05) is 0 Å². The van der Waals surface area contributed by atoms with Crippen molar-refractivity contribution >= 4 is 29.2 Å². The van der Waals surface area contributed by atoms with Crippen LogP contribution in [0.3, 0.4) is 0 Å². The van der Waals surface area contributed by atoms with Crippen molar-refractivity contribution in [3.8, 4) is 11.5 Å². The number of fused-ring (bicyclic) bond motifs is 2. The summed E-state index contributed by atoms with van der Waals surface area (Å²) in [6.07, 6.45) is 4.65. The smallest absolute Gasteiger partial charge is 0.303 e. The minimum absolute atomic E-state index is 0.0127. The quantitative estimate of drug-likeness (QED) is 0.688. The highest BCUT2D eigenvalue weighted by Crippen LogP contribution is 2.41. The van der Waals surface area contributed by atoms with E-state index in [0.717, 1.165) is 41.8 Å². The number of anilines is 1. The van der Waals surface area contributed by atoms with Gasteiger partial charge in [0.15, 0.2) is 11.5 Å². The molecule has 0 saturated carbocycles. The molecule has 1 aliphatic carbocycles. The van der Waals surface area contributed by atoms with Gasteiger partial charge in [-0.3, -0.25) is 9.59 Å². The van der Waals surface area contributed by atoms with Gasteiger partial charge in [0, 0.05) is 23.0 Å². The molecular weight excluding hydrogens is 360 g/mol. The first kappa shape index (κ1) is 18.2. The average molecular weight is 382 g/mol. The summed E-state index contributed by atoms with van der Waals surface area (Å²) in [4.78, 5) is 27.1. The van der Waals surface area contributed by atoms with Crippen LogP contribution in [0.2, 0.25) is 0 Å². The molecule has 4 rings (SSSR count). The highest BCUT2D eigenvalue weighted by molar-refractivity contribution is 6.35. The number of hydrogen-bond donors (Lipinski definition) is 3. The second-order valence-electron chi connectivity index (χ2n) is 7.11. The van der Waals surface area contributed by atoms with E-state index in [4.69, 9.17) is 14.6 Å². The maximum absolute atomic E-state index is 12.5. The monoisotopic (exact) mass is 382 g/mol. The molecule has 146 valence electrons. The third kappa shape index (κ3) is 3.13. The lowest BCUT2D eigenvalue weighted by Crippen LogP contribution is -2.12. The number of carboxylic acid groups (broad SMARTS) is 1. The Balaban J connectivity index is 1.72. The Morgan fingerprint density at radius 1 is 1.25 bits per heavy atom. The van der Waals surface area contributed by atoms with Crippen molar-refractivity contribution in [2.75, 3.05) is 19.5 Å². The molecule has 2 aromatic rings. The first-order valence-electron chi connectivity index (χ1n) is 9.23. The van der Waals surface area contributed by atoms with E-state index in [1.54, 1.807) is 26.4 Å². The molecule has 0 saturated heterocycles. The van der Waals surface area contributed by atoms with Crippen molar-refractivity contribution in [2.24, 2.45) is 0 Å². The molecule has 1 amide bonds. The van der Waals surface area contributed by atoms with E-state index in [-0.39, 0.29) is 18.2 Å². The normalized spacial score (nSPS) is 19.1. The van der Waals surface area contributed by atoms with Gasteiger partial charge in [0.1, 0.15) is 0 Å². The van der Waals surface area contributed by atoms with Crippen molar-refractivity contribution in [2.45, 2.75) is 31.6 Å². The Bertz CT molecular complexity index is 989. The minimum Gasteiger partial charge on any atom is -0.493 e. The third-order valence-corrected chi connectivity index (χ3v) is 5.40. The number of aromatic nitrogens is 1. The van der Waals surface area contributed by atoms with E-state index in [2.05, 4.69) is 10.3 Å². The molecule has 0 radical (unpaired) electrons. The van der Waals surface area contributed by atoms with Gasteiger partial charge < -0.3 is 24.9 Å². The van der Waals surface area contributed by atoms with Crippen LogP contribution in [-0.2, 0) is 16.0 Å². The number of aromatic amines is 1. The number of methoxy groups -OCH3 is 2. The fourth-order valence-corrected chi connectivity index (χ4v) is 4.11. The number of rotatable bonds is 5. The molecule has 1 aromatic carbocycles. The Morgan fingerprint density at radius 2 is 2.00 bits per heavy atom. The molecule has 28 heavy (non-hydrogen) atoms. The van der Waals surface area contributed by atoms with Gasteiger partial charge in [0.05, 0.1) is 31.9 Å². The van der Waals surface area contributed by atoms with E-state index >= 15 is 0 Å². The predicted molar refractivity (Wildman–Crippen MR) is 105 cm³/mol. The summed E-state index contributed by atoms with van der Waals surface area (Å²) in [5.74, 6) is 0.133. The third-order valence-electron chi connectivity index (χ3n) is 5.40. The maximum Gasteiger partial charge on any atom is 0.303 e. The summed E-state index contributed by atoms with van der Waals surface area (Å²) in [5, 5.41) is 12.0. The number of carbonyl (C=O) groups excluding carboxylic acids is 1. The highest BCUT2D eigenvalue weighted by Gasteiger charge is 2.28. The van der Waals surface area contributed by atoms with E-state index in [1.807, 2.05) is 12.1 Å². The Kier molecular flexibility index (Phi) is 4.58. The van der Waals surface area contributed by atoms with Crippen molar-refractivity contribution < 1.29 is 24.2 Å². The number of hydrogen-bond acceptors (Lipinski definition) is 4. The van der Waals surface area contributed by atoms with E-state index in [1.165, 1.54) is 0 Å². The van der Waals surface area contributed by atoms with Gasteiger partial charge in [0.25, 0.3) is 5.91 Å². The summed E-state index contributed by atoms with van der Waals surface area (Å²) < 4.78 is 10.7. The molecule has 0 bridgehead atoms. The fraction of sp³-hybridized carbons (Fsp3) is 0.333. The molecule has 1 aromatic heterocycles. The van der Waals surface area contributed by atoms with Crippen LogP contribution < -0.4 is 14.8 Å². The van der Waals surface area contributed by atoms with Gasteiger partial charge in [-0.25, -0.2) is 0 Å². The van der Waals surface area contributed by atoms with Crippen LogP contribution in [-0.4, -0.2) is 36.2 Å². The van der Waals surface area contributed by atoms with Crippen molar-refractivity contribution in [1.29, 1.82) is 0 Å². The molecule has 3 N–H and O–H groups in total. The number of aryl methyl sites for hydroxylation is 1. The first-order valence-corrected chi connectivity index (χ1v) is 9.23.